The number of fused-ring (bicyclic) bond motifs is 1. The van der Waals surface area contributed by atoms with Gasteiger partial charge in [0.25, 0.3) is 0 Å². The van der Waals surface area contributed by atoms with Gasteiger partial charge in [-0.15, -0.1) is 0 Å². The van der Waals surface area contributed by atoms with E-state index in [9.17, 15) is 4.79 Å². The minimum atomic E-state index is -0.0164. The van der Waals surface area contributed by atoms with Gasteiger partial charge in [0.1, 0.15) is 0 Å². The second kappa shape index (κ2) is 10.6. The van der Waals surface area contributed by atoms with Gasteiger partial charge in [0.15, 0.2) is 5.78 Å². The van der Waals surface area contributed by atoms with E-state index in [0.717, 1.165) is 24.8 Å². The van der Waals surface area contributed by atoms with Crippen LogP contribution in [0.1, 0.15) is 101 Å². The summed E-state index contributed by atoms with van der Waals surface area (Å²) < 4.78 is 0. The van der Waals surface area contributed by atoms with Gasteiger partial charge in [-0.25, -0.2) is 0 Å². The van der Waals surface area contributed by atoms with E-state index in [1.165, 1.54) is 36.0 Å². The van der Waals surface area contributed by atoms with Crippen LogP contribution in [0.4, 0.5) is 0 Å². The van der Waals surface area contributed by atoms with Crippen molar-refractivity contribution >= 4 is 5.78 Å². The molecule has 0 aliphatic heterocycles. The van der Waals surface area contributed by atoms with E-state index in [-0.39, 0.29) is 5.41 Å². The topological polar surface area (TPSA) is 17.1 Å². The molecule has 1 fully saturated rings. The maximum atomic E-state index is 12.7. The molecular formula is C22H38O. The molecule has 1 aromatic carbocycles. The minimum Gasteiger partial charge on any atom is -0.294 e. The van der Waals surface area contributed by atoms with Crippen LogP contribution in [-0.4, -0.2) is 5.78 Å². The minimum absolute atomic E-state index is 0.0164. The number of ketones is 1. The molecule has 0 radical (unpaired) electrons. The maximum absolute atomic E-state index is 12.7. The fourth-order valence-electron chi connectivity index (χ4n) is 3.73. The summed E-state index contributed by atoms with van der Waals surface area (Å²) in [6.45, 7) is 16.2. The van der Waals surface area contributed by atoms with E-state index < -0.39 is 0 Å². The zero-order chi connectivity index (χ0) is 18.0. The molecule has 1 nitrogen and oxygen atoms in total. The quantitative estimate of drug-likeness (QED) is 0.500. The Morgan fingerprint density at radius 2 is 1.26 bits per heavy atom. The molecule has 23 heavy (non-hydrogen) atoms. The first kappa shape index (κ1) is 21.9. The molecule has 1 saturated carbocycles. The van der Waals surface area contributed by atoms with Crippen molar-refractivity contribution in [3.8, 4) is 0 Å². The van der Waals surface area contributed by atoms with E-state index in [2.05, 4.69) is 26.0 Å². The molecule has 0 heterocycles. The highest BCUT2D eigenvalue weighted by Gasteiger charge is 2.46. The maximum Gasteiger partial charge on any atom is 0.169 e. The van der Waals surface area contributed by atoms with Crippen LogP contribution in [-0.2, 0) is 6.42 Å². The van der Waals surface area contributed by atoms with Gasteiger partial charge in [0, 0.05) is 11.0 Å². The van der Waals surface area contributed by atoms with Gasteiger partial charge in [-0.05, 0) is 49.8 Å². The molecule has 0 saturated heterocycles. The number of carbonyl (C=O) groups excluding carboxylic acids is 1. The smallest absolute Gasteiger partial charge is 0.169 e. The summed E-state index contributed by atoms with van der Waals surface area (Å²) in [6, 6.07) is 4.28. The molecule has 132 valence electrons. The van der Waals surface area contributed by atoms with Crippen molar-refractivity contribution in [3.05, 3.63) is 34.4 Å². The Labute approximate surface area is 144 Å². The first-order valence-corrected chi connectivity index (χ1v) is 9.78. The highest BCUT2D eigenvalue weighted by atomic mass is 16.1. The summed E-state index contributed by atoms with van der Waals surface area (Å²) >= 11 is 0. The van der Waals surface area contributed by atoms with Crippen LogP contribution in [0.3, 0.4) is 0 Å². The van der Waals surface area contributed by atoms with E-state index in [0.29, 0.717) is 5.78 Å². The third-order valence-corrected chi connectivity index (χ3v) is 4.79. The summed E-state index contributed by atoms with van der Waals surface area (Å²) in [4.78, 5) is 12.7. The molecule has 1 spiro atoms. The molecule has 0 unspecified atom stereocenters. The van der Waals surface area contributed by atoms with Crippen molar-refractivity contribution in [3.63, 3.8) is 0 Å². The van der Waals surface area contributed by atoms with Gasteiger partial charge >= 0.3 is 0 Å². The standard InChI is InChI=1S/C16H20O.3C2H6/c1-11-6-7-12(2)14-13(11)10-16(15(14)17)8-4-3-5-9-16;3*1-2/h6-7H,3-5,8-10H2,1-2H3;3*1-2H3. The molecule has 0 amide bonds. The van der Waals surface area contributed by atoms with E-state index in [4.69, 9.17) is 0 Å². The summed E-state index contributed by atoms with van der Waals surface area (Å²) in [6.07, 6.45) is 7.01. The largest absolute Gasteiger partial charge is 0.294 e. The Morgan fingerprint density at radius 3 is 1.74 bits per heavy atom. The van der Waals surface area contributed by atoms with Crippen molar-refractivity contribution in [2.24, 2.45) is 5.41 Å². The normalized spacial score (nSPS) is 17.0. The van der Waals surface area contributed by atoms with Crippen molar-refractivity contribution in [2.45, 2.75) is 93.9 Å². The molecule has 1 heteroatoms. The van der Waals surface area contributed by atoms with Crippen LogP contribution in [0.25, 0.3) is 0 Å². The SMILES string of the molecule is CC.CC.CC.Cc1ccc(C)c2c1CC1(CCCCC1)C2=O. The molecule has 0 bridgehead atoms. The molecule has 0 N–H and O–H groups in total. The molecule has 2 aliphatic rings. The fourth-order valence-corrected chi connectivity index (χ4v) is 3.73. The first-order chi connectivity index (χ1) is 11.1. The number of aryl methyl sites for hydroxylation is 2. The number of carbonyl (C=O) groups is 1. The molecular weight excluding hydrogens is 280 g/mol. The van der Waals surface area contributed by atoms with Crippen LogP contribution in [0.15, 0.2) is 12.1 Å². The first-order valence-electron chi connectivity index (χ1n) is 9.78. The number of benzene rings is 1. The fraction of sp³-hybridized carbons (Fsp3) is 0.682. The van der Waals surface area contributed by atoms with E-state index >= 15 is 0 Å². The summed E-state index contributed by atoms with van der Waals surface area (Å²) in [5.74, 6) is 0.452. The van der Waals surface area contributed by atoms with Gasteiger partial charge in [0.05, 0.1) is 0 Å². The Kier molecular flexibility index (Phi) is 10.1. The van der Waals surface area contributed by atoms with Gasteiger partial charge in [-0.3, -0.25) is 4.79 Å². The van der Waals surface area contributed by atoms with Crippen LogP contribution < -0.4 is 0 Å². The Balaban J connectivity index is 0.000000728. The Hall–Kier alpha value is -1.11. The van der Waals surface area contributed by atoms with Crippen molar-refractivity contribution in [2.75, 3.05) is 0 Å². The van der Waals surface area contributed by atoms with E-state index in [1.54, 1.807) is 0 Å². The number of hydrogen-bond donors (Lipinski definition) is 0. The lowest BCUT2D eigenvalue weighted by atomic mass is 9.71. The number of rotatable bonds is 0. The monoisotopic (exact) mass is 318 g/mol. The third kappa shape index (κ3) is 4.46. The predicted octanol–water partition coefficient (Wildman–Crippen LogP) is 7.07. The molecule has 0 aromatic heterocycles. The third-order valence-electron chi connectivity index (χ3n) is 4.79. The van der Waals surface area contributed by atoms with Gasteiger partial charge < -0.3 is 0 Å². The highest BCUT2D eigenvalue weighted by Crippen LogP contribution is 2.48. The highest BCUT2D eigenvalue weighted by molar-refractivity contribution is 6.06. The van der Waals surface area contributed by atoms with Crippen molar-refractivity contribution < 1.29 is 4.79 Å². The molecule has 3 rings (SSSR count). The average molecular weight is 319 g/mol. The zero-order valence-corrected chi connectivity index (χ0v) is 16.8. The van der Waals surface area contributed by atoms with Crippen molar-refractivity contribution in [1.82, 2.24) is 0 Å². The Morgan fingerprint density at radius 1 is 0.783 bits per heavy atom. The summed E-state index contributed by atoms with van der Waals surface area (Å²) in [7, 11) is 0. The van der Waals surface area contributed by atoms with Crippen molar-refractivity contribution in [1.29, 1.82) is 0 Å². The van der Waals surface area contributed by atoms with Gasteiger partial charge in [-0.1, -0.05) is 72.9 Å². The Bertz CT molecular complexity index is 479. The van der Waals surface area contributed by atoms with Gasteiger partial charge in [0.2, 0.25) is 0 Å². The second-order valence-corrected chi connectivity index (χ2v) is 5.90. The van der Waals surface area contributed by atoms with Crippen LogP contribution in [0.5, 0.6) is 0 Å². The average Bonchev–Trinajstić information content (AvgIpc) is 2.91. The number of Topliss-reactive ketones (excluding diaryl/α,β-unsaturated/α-hetero) is 1. The lowest BCUT2D eigenvalue weighted by molar-refractivity contribution is 0.0747. The number of hydrogen-bond acceptors (Lipinski definition) is 1. The second-order valence-electron chi connectivity index (χ2n) is 5.90. The lowest BCUT2D eigenvalue weighted by Crippen LogP contribution is -2.30. The van der Waals surface area contributed by atoms with Crippen LogP contribution in [0, 0.1) is 19.3 Å². The van der Waals surface area contributed by atoms with Crippen LogP contribution >= 0.6 is 0 Å². The van der Waals surface area contributed by atoms with Gasteiger partial charge in [-0.2, -0.15) is 0 Å². The molecule has 1 aromatic rings. The molecule has 0 atom stereocenters. The predicted molar refractivity (Wildman–Crippen MR) is 104 cm³/mol. The zero-order valence-electron chi connectivity index (χ0n) is 16.8. The van der Waals surface area contributed by atoms with Crippen LogP contribution in [0.2, 0.25) is 0 Å². The summed E-state index contributed by atoms with van der Waals surface area (Å²) in [5, 5.41) is 0. The lowest BCUT2D eigenvalue weighted by Gasteiger charge is -2.31. The molecule has 2 aliphatic carbocycles. The van der Waals surface area contributed by atoms with E-state index in [1.807, 2.05) is 41.5 Å². The summed E-state index contributed by atoms with van der Waals surface area (Å²) in [5.41, 5.74) is 4.88.